The highest BCUT2D eigenvalue weighted by Crippen LogP contribution is 2.37. The van der Waals surface area contributed by atoms with Crippen molar-refractivity contribution in [1.82, 2.24) is 0 Å². The van der Waals surface area contributed by atoms with E-state index < -0.39 is 40.2 Å². The van der Waals surface area contributed by atoms with E-state index in [4.69, 9.17) is 0 Å². The molecule has 30 heavy (non-hydrogen) atoms. The predicted molar refractivity (Wildman–Crippen MR) is 104 cm³/mol. The summed E-state index contributed by atoms with van der Waals surface area (Å²) in [4.78, 5) is 39.6. The first-order valence-electron chi connectivity index (χ1n) is 8.99. The van der Waals surface area contributed by atoms with E-state index in [1.807, 2.05) is 0 Å². The van der Waals surface area contributed by atoms with Crippen LogP contribution in [0.5, 0.6) is 0 Å². The SMILES string of the molecule is O=C(C1=C(c2ccccc2)C(=O)c2ccc(C(F)(F)F)cc2C1=O)c1ccccc1. The molecule has 0 N–H and O–H groups in total. The standard InChI is InChI=1S/C24H13F3O3/c25-24(26,27)16-11-12-17-18(13-16)23(30)20(21(28)15-9-5-2-6-10-15)19(22(17)29)14-7-3-1-4-8-14/h1-13H. The van der Waals surface area contributed by atoms with Crippen molar-refractivity contribution in [2.24, 2.45) is 0 Å². The van der Waals surface area contributed by atoms with E-state index in [1.165, 1.54) is 12.1 Å². The number of ketones is 3. The summed E-state index contributed by atoms with van der Waals surface area (Å²) < 4.78 is 39.5. The zero-order valence-corrected chi connectivity index (χ0v) is 15.4. The Morgan fingerprint density at radius 2 is 1.30 bits per heavy atom. The summed E-state index contributed by atoms with van der Waals surface area (Å²) in [6.45, 7) is 0. The highest BCUT2D eigenvalue weighted by atomic mass is 19.4. The molecule has 0 amide bonds. The average Bonchev–Trinajstić information content (AvgIpc) is 2.75. The molecule has 148 valence electrons. The summed E-state index contributed by atoms with van der Waals surface area (Å²) in [6.07, 6.45) is -4.69. The highest BCUT2D eigenvalue weighted by molar-refractivity contribution is 6.49. The summed E-state index contributed by atoms with van der Waals surface area (Å²) in [6, 6.07) is 18.4. The number of hydrogen-bond acceptors (Lipinski definition) is 3. The van der Waals surface area contributed by atoms with Gasteiger partial charge >= 0.3 is 6.18 Å². The number of allylic oxidation sites excluding steroid dienone is 2. The number of halogens is 3. The molecule has 1 aliphatic carbocycles. The van der Waals surface area contributed by atoms with E-state index in [9.17, 15) is 27.6 Å². The van der Waals surface area contributed by atoms with Gasteiger partial charge in [-0.25, -0.2) is 0 Å². The first kappa shape index (κ1) is 19.5. The molecule has 3 aromatic rings. The number of alkyl halides is 3. The smallest absolute Gasteiger partial charge is 0.289 e. The maximum Gasteiger partial charge on any atom is 0.416 e. The third-order valence-electron chi connectivity index (χ3n) is 4.87. The Morgan fingerprint density at radius 1 is 0.700 bits per heavy atom. The van der Waals surface area contributed by atoms with Gasteiger partial charge in [0.15, 0.2) is 17.3 Å². The van der Waals surface area contributed by atoms with Crippen LogP contribution in [0, 0.1) is 0 Å². The molecule has 3 nitrogen and oxygen atoms in total. The topological polar surface area (TPSA) is 51.2 Å². The second-order valence-electron chi connectivity index (χ2n) is 6.73. The van der Waals surface area contributed by atoms with Crippen LogP contribution >= 0.6 is 0 Å². The number of hydrogen-bond donors (Lipinski definition) is 0. The fourth-order valence-corrected chi connectivity index (χ4v) is 3.43. The number of rotatable bonds is 3. The second-order valence-corrected chi connectivity index (χ2v) is 6.73. The minimum absolute atomic E-state index is 0.110. The molecular formula is C24H13F3O3. The van der Waals surface area contributed by atoms with Crippen LogP contribution in [0.2, 0.25) is 0 Å². The molecule has 0 aromatic heterocycles. The van der Waals surface area contributed by atoms with E-state index in [-0.39, 0.29) is 16.7 Å². The molecule has 0 radical (unpaired) electrons. The lowest BCUT2D eigenvalue weighted by Crippen LogP contribution is -2.26. The quantitative estimate of drug-likeness (QED) is 0.431. The van der Waals surface area contributed by atoms with Gasteiger partial charge in [-0.05, 0) is 23.8 Å². The van der Waals surface area contributed by atoms with Gasteiger partial charge in [-0.1, -0.05) is 60.7 Å². The summed E-state index contributed by atoms with van der Waals surface area (Å²) in [5.41, 5.74) is -1.66. The van der Waals surface area contributed by atoms with Gasteiger partial charge in [0.1, 0.15) is 0 Å². The van der Waals surface area contributed by atoms with Crippen molar-refractivity contribution < 1.29 is 27.6 Å². The lowest BCUT2D eigenvalue weighted by Gasteiger charge is -2.22. The van der Waals surface area contributed by atoms with Crippen molar-refractivity contribution in [3.63, 3.8) is 0 Å². The Hall–Kier alpha value is -3.80. The second kappa shape index (κ2) is 7.22. The van der Waals surface area contributed by atoms with Crippen molar-refractivity contribution in [1.29, 1.82) is 0 Å². The first-order chi connectivity index (χ1) is 14.3. The van der Waals surface area contributed by atoms with Gasteiger partial charge in [0.25, 0.3) is 0 Å². The molecular weight excluding hydrogens is 393 g/mol. The largest absolute Gasteiger partial charge is 0.416 e. The van der Waals surface area contributed by atoms with Gasteiger partial charge in [-0.15, -0.1) is 0 Å². The summed E-state index contributed by atoms with van der Waals surface area (Å²) in [7, 11) is 0. The number of carbonyl (C=O) groups excluding carboxylic acids is 3. The monoisotopic (exact) mass is 406 g/mol. The van der Waals surface area contributed by atoms with E-state index in [2.05, 4.69) is 0 Å². The van der Waals surface area contributed by atoms with Gasteiger partial charge in [0.05, 0.1) is 11.1 Å². The van der Waals surface area contributed by atoms with E-state index in [0.717, 1.165) is 12.1 Å². The fourth-order valence-electron chi connectivity index (χ4n) is 3.43. The van der Waals surface area contributed by atoms with Crippen LogP contribution in [0.4, 0.5) is 13.2 Å². The minimum atomic E-state index is -4.69. The van der Waals surface area contributed by atoms with Crippen molar-refractivity contribution in [3.05, 3.63) is 112 Å². The molecule has 0 saturated carbocycles. The molecule has 0 fully saturated rings. The highest BCUT2D eigenvalue weighted by Gasteiger charge is 2.39. The normalized spacial score (nSPS) is 14.0. The van der Waals surface area contributed by atoms with Gasteiger partial charge in [0.2, 0.25) is 0 Å². The Kier molecular flexibility index (Phi) is 4.70. The van der Waals surface area contributed by atoms with Crippen LogP contribution in [0.15, 0.2) is 84.4 Å². The molecule has 0 aliphatic heterocycles. The van der Waals surface area contributed by atoms with E-state index in [0.29, 0.717) is 11.6 Å². The van der Waals surface area contributed by atoms with Crippen LogP contribution in [-0.2, 0) is 6.18 Å². The predicted octanol–water partition coefficient (Wildman–Crippen LogP) is 5.42. The average molecular weight is 406 g/mol. The van der Waals surface area contributed by atoms with Crippen LogP contribution in [0.25, 0.3) is 5.57 Å². The lowest BCUT2D eigenvalue weighted by atomic mass is 9.78. The molecule has 4 rings (SSSR count). The molecule has 0 spiro atoms. The van der Waals surface area contributed by atoms with Gasteiger partial charge < -0.3 is 0 Å². The number of carbonyl (C=O) groups is 3. The number of fused-ring (bicyclic) bond motifs is 1. The molecule has 6 heteroatoms. The number of benzene rings is 3. The van der Waals surface area contributed by atoms with Crippen LogP contribution < -0.4 is 0 Å². The third kappa shape index (κ3) is 3.26. The molecule has 0 atom stereocenters. The number of Topliss-reactive ketones (excluding diaryl/α,β-unsaturated/α-hetero) is 3. The lowest BCUT2D eigenvalue weighted by molar-refractivity contribution is -0.137. The van der Waals surface area contributed by atoms with E-state index >= 15 is 0 Å². The van der Waals surface area contributed by atoms with E-state index in [1.54, 1.807) is 48.5 Å². The Balaban J connectivity index is 1.98. The zero-order valence-electron chi connectivity index (χ0n) is 15.4. The maximum absolute atomic E-state index is 13.2. The van der Waals surface area contributed by atoms with Gasteiger partial charge in [-0.3, -0.25) is 14.4 Å². The van der Waals surface area contributed by atoms with Crippen LogP contribution in [0.1, 0.15) is 42.2 Å². The summed E-state index contributed by atoms with van der Waals surface area (Å²) in [5.74, 6) is -2.27. The maximum atomic E-state index is 13.2. The summed E-state index contributed by atoms with van der Waals surface area (Å²) >= 11 is 0. The molecule has 1 aliphatic rings. The Morgan fingerprint density at radius 3 is 1.90 bits per heavy atom. The van der Waals surface area contributed by atoms with Gasteiger partial charge in [0, 0.05) is 22.3 Å². The van der Waals surface area contributed by atoms with Crippen molar-refractivity contribution in [2.75, 3.05) is 0 Å². The minimum Gasteiger partial charge on any atom is -0.289 e. The van der Waals surface area contributed by atoms with Crippen LogP contribution in [-0.4, -0.2) is 17.3 Å². The molecule has 0 saturated heterocycles. The molecule has 3 aromatic carbocycles. The summed E-state index contributed by atoms with van der Waals surface area (Å²) in [5, 5.41) is 0. The van der Waals surface area contributed by atoms with Crippen molar-refractivity contribution in [2.45, 2.75) is 6.18 Å². The zero-order chi connectivity index (χ0) is 21.5. The Labute approximate surface area is 169 Å². The van der Waals surface area contributed by atoms with Crippen LogP contribution in [0.3, 0.4) is 0 Å². The molecule has 0 unspecified atom stereocenters. The van der Waals surface area contributed by atoms with Crippen molar-refractivity contribution in [3.8, 4) is 0 Å². The molecule has 0 heterocycles. The Bertz CT molecular complexity index is 1210. The fraction of sp³-hybridized carbons (Fsp3) is 0.0417. The van der Waals surface area contributed by atoms with Crippen molar-refractivity contribution >= 4 is 22.9 Å². The third-order valence-corrected chi connectivity index (χ3v) is 4.87. The first-order valence-corrected chi connectivity index (χ1v) is 8.99. The van der Waals surface area contributed by atoms with Gasteiger partial charge in [-0.2, -0.15) is 13.2 Å². The molecule has 0 bridgehead atoms.